The van der Waals surface area contributed by atoms with Crippen molar-refractivity contribution in [1.29, 1.82) is 0 Å². The van der Waals surface area contributed by atoms with Crippen molar-refractivity contribution in [2.24, 2.45) is 0 Å². The van der Waals surface area contributed by atoms with Gasteiger partial charge in [-0.05, 0) is 31.2 Å². The molecule has 0 spiro atoms. The standard InChI is InChI=1S/C14H17NO/c16-14(13-9-5-2-6-10-13)15-11-12-7-3-1-4-8-12/h1,3-4,7-9H,2,5-6,10-11H2,(H,15,16). The summed E-state index contributed by atoms with van der Waals surface area (Å²) in [6.07, 6.45) is 6.42. The summed E-state index contributed by atoms with van der Waals surface area (Å²) < 4.78 is 0. The van der Waals surface area contributed by atoms with Crippen molar-refractivity contribution in [2.75, 3.05) is 0 Å². The summed E-state index contributed by atoms with van der Waals surface area (Å²) in [7, 11) is 0. The molecular weight excluding hydrogens is 198 g/mol. The van der Waals surface area contributed by atoms with E-state index in [2.05, 4.69) is 11.4 Å². The minimum absolute atomic E-state index is 0.101. The first-order valence-corrected chi connectivity index (χ1v) is 5.87. The summed E-state index contributed by atoms with van der Waals surface area (Å²) in [6.45, 7) is 0.622. The van der Waals surface area contributed by atoms with Crippen molar-refractivity contribution in [3.8, 4) is 0 Å². The molecule has 0 saturated heterocycles. The van der Waals surface area contributed by atoms with Gasteiger partial charge in [-0.1, -0.05) is 36.4 Å². The number of hydrogen-bond acceptors (Lipinski definition) is 1. The topological polar surface area (TPSA) is 29.1 Å². The van der Waals surface area contributed by atoms with Gasteiger partial charge in [0.15, 0.2) is 0 Å². The van der Waals surface area contributed by atoms with Gasteiger partial charge in [-0.15, -0.1) is 0 Å². The largest absolute Gasteiger partial charge is 0.348 e. The number of nitrogens with one attached hydrogen (secondary N) is 1. The van der Waals surface area contributed by atoms with Crippen LogP contribution in [0.2, 0.25) is 0 Å². The van der Waals surface area contributed by atoms with E-state index in [-0.39, 0.29) is 5.91 Å². The molecule has 16 heavy (non-hydrogen) atoms. The van der Waals surface area contributed by atoms with E-state index in [1.54, 1.807) is 0 Å². The second-order valence-corrected chi connectivity index (χ2v) is 4.14. The molecule has 2 nitrogen and oxygen atoms in total. The molecule has 0 bridgehead atoms. The summed E-state index contributed by atoms with van der Waals surface area (Å²) in [4.78, 5) is 11.8. The minimum atomic E-state index is 0.101. The van der Waals surface area contributed by atoms with Gasteiger partial charge in [0.1, 0.15) is 0 Å². The summed E-state index contributed by atoms with van der Waals surface area (Å²) in [5.74, 6) is 0.101. The van der Waals surface area contributed by atoms with E-state index in [1.165, 1.54) is 6.42 Å². The van der Waals surface area contributed by atoms with Gasteiger partial charge in [-0.2, -0.15) is 0 Å². The molecule has 1 aliphatic carbocycles. The van der Waals surface area contributed by atoms with Gasteiger partial charge in [0, 0.05) is 12.1 Å². The van der Waals surface area contributed by atoms with Gasteiger partial charge < -0.3 is 5.32 Å². The van der Waals surface area contributed by atoms with E-state index in [1.807, 2.05) is 30.3 Å². The Balaban J connectivity index is 1.86. The van der Waals surface area contributed by atoms with Crippen molar-refractivity contribution in [1.82, 2.24) is 5.32 Å². The van der Waals surface area contributed by atoms with Crippen LogP contribution >= 0.6 is 0 Å². The van der Waals surface area contributed by atoms with Gasteiger partial charge in [0.25, 0.3) is 0 Å². The monoisotopic (exact) mass is 215 g/mol. The molecule has 2 rings (SSSR count). The Morgan fingerprint density at radius 1 is 1.19 bits per heavy atom. The van der Waals surface area contributed by atoms with Gasteiger partial charge in [-0.25, -0.2) is 0 Å². The molecule has 0 aliphatic heterocycles. The normalized spacial score (nSPS) is 15.4. The SMILES string of the molecule is O=C(NCc1ccccc1)C1=CCCCC1. The molecule has 84 valence electrons. The number of allylic oxidation sites excluding steroid dienone is 1. The second-order valence-electron chi connectivity index (χ2n) is 4.14. The van der Waals surface area contributed by atoms with Crippen LogP contribution in [0.4, 0.5) is 0 Å². The Morgan fingerprint density at radius 3 is 2.69 bits per heavy atom. The van der Waals surface area contributed by atoms with Crippen LogP contribution < -0.4 is 5.32 Å². The highest BCUT2D eigenvalue weighted by Crippen LogP contribution is 2.17. The lowest BCUT2D eigenvalue weighted by Gasteiger charge is -2.12. The number of benzene rings is 1. The fourth-order valence-corrected chi connectivity index (χ4v) is 1.94. The zero-order valence-corrected chi connectivity index (χ0v) is 9.41. The van der Waals surface area contributed by atoms with Gasteiger partial charge in [0.2, 0.25) is 5.91 Å². The van der Waals surface area contributed by atoms with Crippen LogP contribution in [0.25, 0.3) is 0 Å². The summed E-state index contributed by atoms with van der Waals surface area (Å²) in [5.41, 5.74) is 2.11. The number of hydrogen-bond donors (Lipinski definition) is 1. The van der Waals surface area contributed by atoms with Crippen LogP contribution in [0.15, 0.2) is 42.0 Å². The van der Waals surface area contributed by atoms with Crippen LogP contribution in [0, 0.1) is 0 Å². The number of amides is 1. The predicted octanol–water partition coefficient (Wildman–Crippen LogP) is 2.80. The maximum absolute atomic E-state index is 11.8. The van der Waals surface area contributed by atoms with Gasteiger partial charge >= 0.3 is 0 Å². The molecular formula is C14H17NO. The minimum Gasteiger partial charge on any atom is -0.348 e. The molecule has 1 amide bonds. The average Bonchev–Trinajstić information content (AvgIpc) is 2.38. The van der Waals surface area contributed by atoms with E-state index in [9.17, 15) is 4.79 Å². The number of rotatable bonds is 3. The highest BCUT2D eigenvalue weighted by molar-refractivity contribution is 5.93. The van der Waals surface area contributed by atoms with Crippen LogP contribution in [-0.4, -0.2) is 5.91 Å². The Labute approximate surface area is 96.4 Å². The smallest absolute Gasteiger partial charge is 0.247 e. The molecule has 0 saturated carbocycles. The highest BCUT2D eigenvalue weighted by Gasteiger charge is 2.11. The first-order chi connectivity index (χ1) is 7.86. The third-order valence-corrected chi connectivity index (χ3v) is 2.88. The molecule has 1 aromatic carbocycles. The second kappa shape index (κ2) is 5.50. The number of carbonyl (C=O) groups is 1. The fraction of sp³-hybridized carbons (Fsp3) is 0.357. The molecule has 0 fully saturated rings. The lowest BCUT2D eigenvalue weighted by Crippen LogP contribution is -2.25. The molecule has 0 aromatic heterocycles. The zero-order valence-electron chi connectivity index (χ0n) is 9.41. The molecule has 0 atom stereocenters. The first-order valence-electron chi connectivity index (χ1n) is 5.87. The van der Waals surface area contributed by atoms with Crippen molar-refractivity contribution in [3.05, 3.63) is 47.5 Å². The summed E-state index contributed by atoms with van der Waals surface area (Å²) >= 11 is 0. The number of carbonyl (C=O) groups excluding carboxylic acids is 1. The summed E-state index contributed by atoms with van der Waals surface area (Å²) in [6, 6.07) is 10.0. The Kier molecular flexibility index (Phi) is 3.76. The van der Waals surface area contributed by atoms with E-state index in [0.29, 0.717) is 6.54 Å². The van der Waals surface area contributed by atoms with Crippen LogP contribution in [0.5, 0.6) is 0 Å². The predicted molar refractivity (Wildman–Crippen MR) is 64.8 cm³/mol. The summed E-state index contributed by atoms with van der Waals surface area (Å²) in [5, 5.41) is 2.96. The van der Waals surface area contributed by atoms with Crippen molar-refractivity contribution in [2.45, 2.75) is 32.2 Å². The first kappa shape index (κ1) is 10.9. The third kappa shape index (κ3) is 2.96. The zero-order chi connectivity index (χ0) is 11.2. The highest BCUT2D eigenvalue weighted by atomic mass is 16.1. The van der Waals surface area contributed by atoms with Gasteiger partial charge in [-0.3, -0.25) is 4.79 Å². The Hall–Kier alpha value is -1.57. The van der Waals surface area contributed by atoms with E-state index in [0.717, 1.165) is 30.4 Å². The molecule has 2 heteroatoms. The van der Waals surface area contributed by atoms with Gasteiger partial charge in [0.05, 0.1) is 0 Å². The van der Waals surface area contributed by atoms with Crippen LogP contribution in [0.1, 0.15) is 31.2 Å². The quantitative estimate of drug-likeness (QED) is 0.825. The van der Waals surface area contributed by atoms with Crippen molar-refractivity contribution in [3.63, 3.8) is 0 Å². The molecule has 1 N–H and O–H groups in total. The third-order valence-electron chi connectivity index (χ3n) is 2.88. The molecule has 0 radical (unpaired) electrons. The Morgan fingerprint density at radius 2 is 2.00 bits per heavy atom. The van der Waals surface area contributed by atoms with Crippen molar-refractivity contribution < 1.29 is 4.79 Å². The van der Waals surface area contributed by atoms with Crippen molar-refractivity contribution >= 4 is 5.91 Å². The lowest BCUT2D eigenvalue weighted by molar-refractivity contribution is -0.117. The maximum Gasteiger partial charge on any atom is 0.247 e. The molecule has 0 unspecified atom stereocenters. The molecule has 1 aromatic rings. The molecule has 0 heterocycles. The van der Waals surface area contributed by atoms with Crippen LogP contribution in [-0.2, 0) is 11.3 Å². The van der Waals surface area contributed by atoms with E-state index < -0.39 is 0 Å². The molecule has 1 aliphatic rings. The maximum atomic E-state index is 11.8. The lowest BCUT2D eigenvalue weighted by atomic mass is 9.99. The Bertz CT molecular complexity index is 381. The average molecular weight is 215 g/mol. The fourth-order valence-electron chi connectivity index (χ4n) is 1.94. The van der Waals surface area contributed by atoms with E-state index in [4.69, 9.17) is 0 Å². The van der Waals surface area contributed by atoms with Crippen LogP contribution in [0.3, 0.4) is 0 Å². The van der Waals surface area contributed by atoms with E-state index >= 15 is 0 Å².